The van der Waals surface area contributed by atoms with E-state index in [1.165, 1.54) is 0 Å². The molecule has 0 saturated carbocycles. The third-order valence-corrected chi connectivity index (χ3v) is 1.87. The van der Waals surface area contributed by atoms with Crippen LogP contribution >= 0.6 is 15.9 Å². The zero-order valence-electron chi connectivity index (χ0n) is 7.18. The highest BCUT2D eigenvalue weighted by molar-refractivity contribution is 9.09. The smallest absolute Gasteiger partial charge is 0.307 e. The first-order valence-electron chi connectivity index (χ1n) is 3.92. The van der Waals surface area contributed by atoms with Crippen LogP contribution < -0.4 is 0 Å². The molecule has 3 heteroatoms. The van der Waals surface area contributed by atoms with Crippen LogP contribution in [0.1, 0.15) is 26.2 Å². The summed E-state index contributed by atoms with van der Waals surface area (Å²) in [7, 11) is 0. The molecular weight excluding hydrogens is 220 g/mol. The van der Waals surface area contributed by atoms with Gasteiger partial charge in [0.15, 0.2) is 6.10 Å². The van der Waals surface area contributed by atoms with Gasteiger partial charge in [0.25, 0.3) is 0 Å². The number of hydrogen-bond donors (Lipinski definition) is 0. The van der Waals surface area contributed by atoms with Crippen LogP contribution in [-0.4, -0.2) is 17.4 Å². The van der Waals surface area contributed by atoms with Gasteiger partial charge in [-0.2, -0.15) is 0 Å². The Kier molecular flexibility index (Phi) is 6.88. The van der Waals surface area contributed by atoms with Gasteiger partial charge in [-0.05, 0) is 19.8 Å². The van der Waals surface area contributed by atoms with Crippen molar-refractivity contribution in [3.8, 4) is 12.3 Å². The van der Waals surface area contributed by atoms with E-state index in [1.807, 2.05) is 0 Å². The van der Waals surface area contributed by atoms with Crippen LogP contribution in [0, 0.1) is 12.3 Å². The minimum Gasteiger partial charge on any atom is -0.449 e. The number of terminal acetylenes is 1. The fraction of sp³-hybridized carbons (Fsp3) is 0.667. The van der Waals surface area contributed by atoms with E-state index in [1.54, 1.807) is 6.92 Å². The van der Waals surface area contributed by atoms with Crippen molar-refractivity contribution >= 4 is 21.9 Å². The summed E-state index contributed by atoms with van der Waals surface area (Å²) >= 11 is 3.28. The summed E-state index contributed by atoms with van der Waals surface area (Å²) in [6, 6.07) is 0. The SMILES string of the molecule is C#CC(C)OC(=O)CCCCBr. The summed E-state index contributed by atoms with van der Waals surface area (Å²) < 4.78 is 4.86. The summed E-state index contributed by atoms with van der Waals surface area (Å²) in [5.74, 6) is 2.13. The standard InChI is InChI=1S/C9H13BrO2/c1-3-8(2)12-9(11)6-4-5-7-10/h1,8H,4-7H2,2H3. The van der Waals surface area contributed by atoms with Crippen LogP contribution in [0.4, 0.5) is 0 Å². The number of carbonyl (C=O) groups excluding carboxylic acids is 1. The fourth-order valence-corrected chi connectivity index (χ4v) is 1.05. The molecule has 0 rings (SSSR count). The second-order valence-corrected chi connectivity index (χ2v) is 3.24. The van der Waals surface area contributed by atoms with Gasteiger partial charge in [-0.15, -0.1) is 6.42 Å². The number of esters is 1. The predicted octanol–water partition coefficient (Wildman–Crippen LogP) is 2.12. The van der Waals surface area contributed by atoms with Gasteiger partial charge in [-0.3, -0.25) is 4.79 Å². The highest BCUT2D eigenvalue weighted by Crippen LogP contribution is 2.01. The van der Waals surface area contributed by atoms with Crippen molar-refractivity contribution < 1.29 is 9.53 Å². The second kappa shape index (κ2) is 7.17. The van der Waals surface area contributed by atoms with Crippen molar-refractivity contribution in [1.29, 1.82) is 0 Å². The first kappa shape index (κ1) is 11.5. The van der Waals surface area contributed by atoms with Crippen LogP contribution in [0.15, 0.2) is 0 Å². The zero-order chi connectivity index (χ0) is 9.40. The van der Waals surface area contributed by atoms with Crippen molar-refractivity contribution in [3.05, 3.63) is 0 Å². The average molecular weight is 233 g/mol. The van der Waals surface area contributed by atoms with E-state index in [4.69, 9.17) is 11.2 Å². The number of carbonyl (C=O) groups is 1. The Morgan fingerprint density at radius 2 is 2.33 bits per heavy atom. The molecule has 0 spiro atoms. The van der Waals surface area contributed by atoms with Crippen LogP contribution in [0.2, 0.25) is 0 Å². The summed E-state index contributed by atoms with van der Waals surface area (Å²) in [6.07, 6.45) is 6.93. The third kappa shape index (κ3) is 6.23. The van der Waals surface area contributed by atoms with E-state index in [9.17, 15) is 4.79 Å². The highest BCUT2D eigenvalue weighted by atomic mass is 79.9. The van der Waals surface area contributed by atoms with Gasteiger partial charge >= 0.3 is 5.97 Å². The minimum absolute atomic E-state index is 0.207. The molecule has 1 unspecified atom stereocenters. The van der Waals surface area contributed by atoms with Gasteiger partial charge in [-0.25, -0.2) is 0 Å². The quantitative estimate of drug-likeness (QED) is 0.314. The number of halogens is 1. The minimum atomic E-state index is -0.401. The number of unbranched alkanes of at least 4 members (excludes halogenated alkanes) is 1. The lowest BCUT2D eigenvalue weighted by Crippen LogP contribution is -2.12. The average Bonchev–Trinajstić information content (AvgIpc) is 2.05. The number of alkyl halides is 1. The van der Waals surface area contributed by atoms with Crippen LogP contribution in [0.3, 0.4) is 0 Å². The van der Waals surface area contributed by atoms with E-state index in [0.717, 1.165) is 18.2 Å². The molecule has 0 aliphatic heterocycles. The van der Waals surface area contributed by atoms with Gasteiger partial charge < -0.3 is 4.74 Å². The van der Waals surface area contributed by atoms with Crippen molar-refractivity contribution in [1.82, 2.24) is 0 Å². The lowest BCUT2D eigenvalue weighted by atomic mass is 10.2. The molecule has 0 N–H and O–H groups in total. The largest absolute Gasteiger partial charge is 0.449 e. The van der Waals surface area contributed by atoms with Crippen LogP contribution in [0.25, 0.3) is 0 Å². The lowest BCUT2D eigenvalue weighted by Gasteiger charge is -2.05. The second-order valence-electron chi connectivity index (χ2n) is 2.44. The van der Waals surface area contributed by atoms with E-state index in [2.05, 4.69) is 21.9 Å². The molecular formula is C9H13BrO2. The number of hydrogen-bond acceptors (Lipinski definition) is 2. The highest BCUT2D eigenvalue weighted by Gasteiger charge is 2.05. The van der Waals surface area contributed by atoms with Crippen molar-refractivity contribution in [3.63, 3.8) is 0 Å². The Labute approximate surface area is 81.8 Å². The zero-order valence-corrected chi connectivity index (χ0v) is 8.76. The fourth-order valence-electron chi connectivity index (χ4n) is 0.654. The maximum absolute atomic E-state index is 11.0. The van der Waals surface area contributed by atoms with E-state index < -0.39 is 6.10 Å². The molecule has 0 aliphatic rings. The predicted molar refractivity (Wildman–Crippen MR) is 52.0 cm³/mol. The van der Waals surface area contributed by atoms with Gasteiger partial charge in [0.05, 0.1) is 0 Å². The first-order chi connectivity index (χ1) is 5.70. The summed E-state index contributed by atoms with van der Waals surface area (Å²) in [6.45, 7) is 1.68. The Balaban J connectivity index is 3.41. The van der Waals surface area contributed by atoms with E-state index in [0.29, 0.717) is 6.42 Å². The molecule has 0 bridgehead atoms. The molecule has 1 atom stereocenters. The van der Waals surface area contributed by atoms with Gasteiger partial charge in [-0.1, -0.05) is 21.9 Å². The molecule has 0 amide bonds. The summed E-state index contributed by atoms with van der Waals surface area (Å²) in [5, 5.41) is 0.922. The van der Waals surface area contributed by atoms with Gasteiger partial charge in [0, 0.05) is 11.8 Å². The molecule has 0 heterocycles. The van der Waals surface area contributed by atoms with Crippen molar-refractivity contribution in [2.24, 2.45) is 0 Å². The molecule has 0 aromatic rings. The van der Waals surface area contributed by atoms with Crippen LogP contribution in [0.5, 0.6) is 0 Å². The topological polar surface area (TPSA) is 26.3 Å². The Morgan fingerprint density at radius 3 is 2.83 bits per heavy atom. The normalized spacial score (nSPS) is 11.8. The third-order valence-electron chi connectivity index (χ3n) is 1.31. The number of rotatable bonds is 5. The van der Waals surface area contributed by atoms with E-state index >= 15 is 0 Å². The lowest BCUT2D eigenvalue weighted by molar-refractivity contribution is -0.145. The Morgan fingerprint density at radius 1 is 1.67 bits per heavy atom. The molecule has 68 valence electrons. The van der Waals surface area contributed by atoms with Crippen LogP contribution in [-0.2, 0) is 9.53 Å². The Bertz CT molecular complexity index is 172. The molecule has 0 aromatic heterocycles. The summed E-state index contributed by atoms with van der Waals surface area (Å²) in [5.41, 5.74) is 0. The molecule has 0 saturated heterocycles. The van der Waals surface area contributed by atoms with Gasteiger partial charge in [0.1, 0.15) is 0 Å². The Hall–Kier alpha value is -0.490. The maximum atomic E-state index is 11.0. The van der Waals surface area contributed by atoms with Gasteiger partial charge in [0.2, 0.25) is 0 Å². The van der Waals surface area contributed by atoms with Crippen molar-refractivity contribution in [2.45, 2.75) is 32.3 Å². The van der Waals surface area contributed by atoms with Crippen molar-refractivity contribution in [2.75, 3.05) is 5.33 Å². The monoisotopic (exact) mass is 232 g/mol. The van der Waals surface area contributed by atoms with E-state index in [-0.39, 0.29) is 5.97 Å². The molecule has 0 aromatic carbocycles. The first-order valence-corrected chi connectivity index (χ1v) is 5.04. The molecule has 12 heavy (non-hydrogen) atoms. The molecule has 0 fully saturated rings. The molecule has 2 nitrogen and oxygen atoms in total. The summed E-state index contributed by atoms with van der Waals surface area (Å²) in [4.78, 5) is 11.0. The molecule has 0 radical (unpaired) electrons. The maximum Gasteiger partial charge on any atom is 0.307 e. The molecule has 0 aliphatic carbocycles. The number of ether oxygens (including phenoxy) is 1.